The number of aryl methyl sites for hydroxylation is 1. The van der Waals surface area contributed by atoms with E-state index in [0.29, 0.717) is 5.69 Å². The Kier molecular flexibility index (Phi) is 2.51. The van der Waals surface area contributed by atoms with Crippen LogP contribution in [0.1, 0.15) is 24.3 Å². The van der Waals surface area contributed by atoms with Gasteiger partial charge in [-0.3, -0.25) is 0 Å². The van der Waals surface area contributed by atoms with E-state index >= 15 is 0 Å². The first-order chi connectivity index (χ1) is 7.16. The Morgan fingerprint density at radius 1 is 1.27 bits per heavy atom. The topological polar surface area (TPSA) is 50.9 Å². The molecule has 0 aliphatic heterocycles. The second kappa shape index (κ2) is 3.82. The van der Waals surface area contributed by atoms with Crippen molar-refractivity contribution < 1.29 is 5.11 Å². The quantitative estimate of drug-likeness (QED) is 0.807. The summed E-state index contributed by atoms with van der Waals surface area (Å²) in [5, 5.41) is 17.1. The van der Waals surface area contributed by atoms with Crippen molar-refractivity contribution in [2.45, 2.75) is 20.0 Å². The summed E-state index contributed by atoms with van der Waals surface area (Å²) in [7, 11) is 0. The van der Waals surface area contributed by atoms with Crippen LogP contribution in [0.5, 0.6) is 0 Å². The molecule has 0 spiro atoms. The van der Waals surface area contributed by atoms with Gasteiger partial charge in [0, 0.05) is 0 Å². The Hall–Kier alpha value is -1.68. The molecule has 0 fully saturated rings. The van der Waals surface area contributed by atoms with Crippen LogP contribution in [0.4, 0.5) is 0 Å². The van der Waals surface area contributed by atoms with Crippen molar-refractivity contribution in [2.75, 3.05) is 0 Å². The normalized spacial score (nSPS) is 12.7. The Bertz CT molecular complexity index is 445. The van der Waals surface area contributed by atoms with Crippen LogP contribution < -0.4 is 0 Å². The van der Waals surface area contributed by atoms with Gasteiger partial charge in [0.15, 0.2) is 0 Å². The van der Waals surface area contributed by atoms with Crippen molar-refractivity contribution in [1.82, 2.24) is 15.0 Å². The second-order valence-electron chi connectivity index (χ2n) is 3.60. The number of hydrogen-bond acceptors (Lipinski definition) is 3. The van der Waals surface area contributed by atoms with E-state index in [-0.39, 0.29) is 0 Å². The summed E-state index contributed by atoms with van der Waals surface area (Å²) in [6.45, 7) is 3.70. The van der Waals surface area contributed by atoms with Gasteiger partial charge < -0.3 is 5.11 Å². The first kappa shape index (κ1) is 9.86. The Morgan fingerprint density at radius 3 is 2.47 bits per heavy atom. The largest absolute Gasteiger partial charge is 0.387 e. The minimum absolute atomic E-state index is 0.579. The van der Waals surface area contributed by atoms with Crippen molar-refractivity contribution in [3.63, 3.8) is 0 Å². The van der Waals surface area contributed by atoms with Gasteiger partial charge in [-0.1, -0.05) is 22.9 Å². The van der Waals surface area contributed by atoms with Gasteiger partial charge in [-0.05, 0) is 26.0 Å². The highest BCUT2D eigenvalue weighted by atomic mass is 16.3. The van der Waals surface area contributed by atoms with Crippen molar-refractivity contribution in [2.24, 2.45) is 0 Å². The van der Waals surface area contributed by atoms with Gasteiger partial charge in [-0.25, -0.2) is 4.68 Å². The first-order valence-corrected chi connectivity index (χ1v) is 4.84. The maximum Gasteiger partial charge on any atom is 0.111 e. The summed E-state index contributed by atoms with van der Waals surface area (Å²) >= 11 is 0. The van der Waals surface area contributed by atoms with Gasteiger partial charge in [0.1, 0.15) is 5.69 Å². The molecule has 1 unspecified atom stereocenters. The molecule has 0 aliphatic rings. The molecular weight excluding hydrogens is 190 g/mol. The predicted molar refractivity (Wildman–Crippen MR) is 56.7 cm³/mol. The standard InChI is InChI=1S/C11H13N3O/c1-8-3-5-10(6-4-8)14-7-11(9(2)15)12-13-14/h3-7,9,15H,1-2H3. The number of rotatable bonds is 2. The molecule has 0 aliphatic carbocycles. The monoisotopic (exact) mass is 203 g/mol. The Labute approximate surface area is 88.2 Å². The van der Waals surface area contributed by atoms with Crippen LogP contribution in [-0.4, -0.2) is 20.1 Å². The highest BCUT2D eigenvalue weighted by Crippen LogP contribution is 2.11. The molecule has 0 saturated carbocycles. The molecule has 2 aromatic rings. The lowest BCUT2D eigenvalue weighted by Crippen LogP contribution is -1.94. The third kappa shape index (κ3) is 2.05. The van der Waals surface area contributed by atoms with Gasteiger partial charge in [-0.15, -0.1) is 5.10 Å². The van der Waals surface area contributed by atoms with Crippen LogP contribution in [0.15, 0.2) is 30.5 Å². The number of benzene rings is 1. The van der Waals surface area contributed by atoms with Crippen molar-refractivity contribution in [3.05, 3.63) is 41.7 Å². The van der Waals surface area contributed by atoms with E-state index in [1.165, 1.54) is 5.56 Å². The summed E-state index contributed by atoms with van der Waals surface area (Å²) in [6.07, 6.45) is 1.15. The zero-order chi connectivity index (χ0) is 10.8. The predicted octanol–water partition coefficient (Wildman–Crippen LogP) is 1.63. The Balaban J connectivity index is 2.33. The molecule has 1 atom stereocenters. The summed E-state index contributed by atoms with van der Waals surface area (Å²) < 4.78 is 1.65. The fourth-order valence-electron chi connectivity index (χ4n) is 1.29. The fraction of sp³-hybridized carbons (Fsp3) is 0.273. The SMILES string of the molecule is Cc1ccc(-n2cc(C(C)O)nn2)cc1. The van der Waals surface area contributed by atoms with Crippen molar-refractivity contribution >= 4 is 0 Å². The molecule has 1 N–H and O–H groups in total. The Morgan fingerprint density at radius 2 is 1.93 bits per heavy atom. The lowest BCUT2D eigenvalue weighted by atomic mass is 10.2. The molecule has 0 bridgehead atoms. The summed E-state index contributed by atoms with van der Waals surface area (Å²) in [6, 6.07) is 7.96. The smallest absolute Gasteiger partial charge is 0.111 e. The molecule has 4 heteroatoms. The lowest BCUT2D eigenvalue weighted by Gasteiger charge is -2.00. The molecule has 1 heterocycles. The number of aromatic nitrogens is 3. The lowest BCUT2D eigenvalue weighted by molar-refractivity contribution is 0.194. The third-order valence-electron chi connectivity index (χ3n) is 2.24. The zero-order valence-electron chi connectivity index (χ0n) is 8.75. The number of aliphatic hydroxyl groups is 1. The fourth-order valence-corrected chi connectivity index (χ4v) is 1.29. The van der Waals surface area contributed by atoms with Gasteiger partial charge in [0.25, 0.3) is 0 Å². The highest BCUT2D eigenvalue weighted by molar-refractivity contribution is 5.33. The summed E-state index contributed by atoms with van der Waals surface area (Å²) in [4.78, 5) is 0. The molecule has 15 heavy (non-hydrogen) atoms. The van der Waals surface area contributed by atoms with Gasteiger partial charge in [-0.2, -0.15) is 0 Å². The number of hydrogen-bond donors (Lipinski definition) is 1. The van der Waals surface area contributed by atoms with E-state index in [9.17, 15) is 5.11 Å². The minimum atomic E-state index is -0.579. The molecule has 0 radical (unpaired) electrons. The maximum atomic E-state index is 9.31. The van der Waals surface area contributed by atoms with Crippen molar-refractivity contribution in [1.29, 1.82) is 0 Å². The molecule has 2 rings (SSSR count). The van der Waals surface area contributed by atoms with Crippen LogP contribution in [-0.2, 0) is 0 Å². The van der Waals surface area contributed by atoms with Crippen LogP contribution in [0.3, 0.4) is 0 Å². The van der Waals surface area contributed by atoms with Gasteiger partial charge in [0.05, 0.1) is 18.0 Å². The molecule has 4 nitrogen and oxygen atoms in total. The average molecular weight is 203 g/mol. The van der Waals surface area contributed by atoms with E-state index in [0.717, 1.165) is 5.69 Å². The van der Waals surface area contributed by atoms with Gasteiger partial charge >= 0.3 is 0 Å². The van der Waals surface area contributed by atoms with Gasteiger partial charge in [0.2, 0.25) is 0 Å². The first-order valence-electron chi connectivity index (χ1n) is 4.84. The van der Waals surface area contributed by atoms with Crippen LogP contribution in [0, 0.1) is 6.92 Å². The highest BCUT2D eigenvalue weighted by Gasteiger charge is 2.06. The summed E-state index contributed by atoms with van der Waals surface area (Å²) in [5.74, 6) is 0. The molecule has 1 aromatic heterocycles. The second-order valence-corrected chi connectivity index (χ2v) is 3.60. The average Bonchev–Trinajstić information content (AvgIpc) is 2.68. The van der Waals surface area contributed by atoms with Crippen molar-refractivity contribution in [3.8, 4) is 5.69 Å². The zero-order valence-corrected chi connectivity index (χ0v) is 8.75. The van der Waals surface area contributed by atoms with E-state index in [4.69, 9.17) is 0 Å². The van der Waals surface area contributed by atoms with E-state index in [2.05, 4.69) is 10.3 Å². The molecular formula is C11H13N3O. The van der Waals surface area contributed by atoms with Crippen LogP contribution >= 0.6 is 0 Å². The molecule has 0 saturated heterocycles. The van der Waals surface area contributed by atoms with Crippen LogP contribution in [0.2, 0.25) is 0 Å². The summed E-state index contributed by atoms with van der Waals surface area (Å²) in [5.41, 5.74) is 2.73. The number of aliphatic hydroxyl groups excluding tert-OH is 1. The number of nitrogens with zero attached hydrogens (tertiary/aromatic N) is 3. The minimum Gasteiger partial charge on any atom is -0.387 e. The van der Waals surface area contributed by atoms with E-state index in [1.54, 1.807) is 17.8 Å². The molecule has 1 aromatic carbocycles. The molecule has 0 amide bonds. The third-order valence-corrected chi connectivity index (χ3v) is 2.24. The van der Waals surface area contributed by atoms with Crippen LogP contribution in [0.25, 0.3) is 5.69 Å². The molecule has 78 valence electrons. The van der Waals surface area contributed by atoms with E-state index < -0.39 is 6.10 Å². The maximum absolute atomic E-state index is 9.31. The van der Waals surface area contributed by atoms with E-state index in [1.807, 2.05) is 31.2 Å².